The molecule has 0 saturated carbocycles. The van der Waals surface area contributed by atoms with Crippen LogP contribution >= 0.6 is 23.6 Å². The Kier molecular flexibility index (Phi) is 4.40. The number of aliphatic hydroxyl groups excluding tert-OH is 1. The van der Waals surface area contributed by atoms with Gasteiger partial charge in [-0.15, -0.1) is 0 Å². The third-order valence-corrected chi connectivity index (χ3v) is 5.03. The molecule has 1 heterocycles. The summed E-state index contributed by atoms with van der Waals surface area (Å²) in [5.74, 6) is 0. The topological polar surface area (TPSA) is 87.1 Å². The maximum Gasteiger partial charge on any atom is 0.414 e. The van der Waals surface area contributed by atoms with Crippen LogP contribution in [0.25, 0.3) is 0 Å². The summed E-state index contributed by atoms with van der Waals surface area (Å²) >= 11 is 10.5. The van der Waals surface area contributed by atoms with Gasteiger partial charge < -0.3 is 9.84 Å². The molecule has 0 spiro atoms. The van der Waals surface area contributed by atoms with E-state index in [0.29, 0.717) is 5.69 Å². The third-order valence-electron chi connectivity index (χ3n) is 2.71. The SMILES string of the molecule is O=C1OC(CO)CN1c1ccc(S(=O)(=O)N(Cl)Cl)cc1. The standard InChI is InChI=1S/C10H10Cl2N2O5S/c11-14(12)20(17,18)9-3-1-7(2-4-9)13-5-8(6-15)19-10(13)16/h1-4,8,15H,5-6H2. The number of anilines is 1. The van der Waals surface area contributed by atoms with Gasteiger partial charge in [0.1, 0.15) is 6.10 Å². The van der Waals surface area contributed by atoms with E-state index < -0.39 is 22.2 Å². The average molecular weight is 341 g/mol. The smallest absolute Gasteiger partial charge is 0.414 e. The molecule has 20 heavy (non-hydrogen) atoms. The van der Waals surface area contributed by atoms with Gasteiger partial charge in [-0.25, -0.2) is 13.2 Å². The van der Waals surface area contributed by atoms with Gasteiger partial charge in [0.2, 0.25) is 0 Å². The van der Waals surface area contributed by atoms with Crippen molar-refractivity contribution < 1.29 is 23.1 Å². The summed E-state index contributed by atoms with van der Waals surface area (Å²) in [6.45, 7) is -0.0826. The molecular weight excluding hydrogens is 331 g/mol. The second-order valence-electron chi connectivity index (χ2n) is 3.97. The molecule has 0 radical (unpaired) electrons. The minimum Gasteiger partial charge on any atom is -0.441 e. The largest absolute Gasteiger partial charge is 0.441 e. The van der Waals surface area contributed by atoms with Crippen LogP contribution in [0.1, 0.15) is 0 Å². The Bertz CT molecular complexity index is 605. The van der Waals surface area contributed by atoms with Crippen molar-refractivity contribution in [3.8, 4) is 0 Å². The first-order valence-corrected chi connectivity index (χ1v) is 7.54. The zero-order valence-electron chi connectivity index (χ0n) is 9.94. The summed E-state index contributed by atoms with van der Waals surface area (Å²) in [4.78, 5) is 12.7. The second-order valence-corrected chi connectivity index (χ2v) is 7.01. The predicted molar refractivity (Wildman–Crippen MR) is 71.9 cm³/mol. The predicted octanol–water partition coefficient (Wildman–Crippen LogP) is 1.30. The fourth-order valence-corrected chi connectivity index (χ4v) is 2.82. The number of sulfonamides is 1. The highest BCUT2D eigenvalue weighted by Gasteiger charge is 2.32. The van der Waals surface area contributed by atoms with Crippen molar-refractivity contribution in [2.24, 2.45) is 0 Å². The van der Waals surface area contributed by atoms with Crippen molar-refractivity contribution in [2.45, 2.75) is 11.0 Å². The van der Waals surface area contributed by atoms with Gasteiger partial charge in [-0.2, -0.15) is 0 Å². The van der Waals surface area contributed by atoms with E-state index in [0.717, 1.165) is 0 Å². The maximum absolute atomic E-state index is 11.7. The number of hydrogen-bond donors (Lipinski definition) is 1. The quantitative estimate of drug-likeness (QED) is 0.835. The van der Waals surface area contributed by atoms with Crippen LogP contribution in [0, 0.1) is 0 Å². The molecule has 1 atom stereocenters. The van der Waals surface area contributed by atoms with Crippen LogP contribution in [0.2, 0.25) is 0 Å². The van der Waals surface area contributed by atoms with Gasteiger partial charge in [-0.05, 0) is 27.6 Å². The molecule has 1 aliphatic rings. The van der Waals surface area contributed by atoms with Crippen LogP contribution in [0.3, 0.4) is 0 Å². The summed E-state index contributed by atoms with van der Waals surface area (Å²) in [5.41, 5.74) is 0.445. The number of cyclic esters (lactones) is 1. The lowest BCUT2D eigenvalue weighted by atomic mass is 10.3. The van der Waals surface area contributed by atoms with Crippen LogP contribution in [0.4, 0.5) is 10.5 Å². The number of carbonyl (C=O) groups is 1. The number of amides is 1. The van der Waals surface area contributed by atoms with E-state index in [2.05, 4.69) is 0 Å². The molecule has 1 fully saturated rings. The molecule has 0 aliphatic carbocycles. The molecular formula is C10H10Cl2N2O5S. The number of hydrogen-bond acceptors (Lipinski definition) is 5. The van der Waals surface area contributed by atoms with Gasteiger partial charge in [-0.1, -0.05) is 0 Å². The number of halogens is 2. The van der Waals surface area contributed by atoms with Gasteiger partial charge in [-0.3, -0.25) is 4.90 Å². The molecule has 1 amide bonds. The van der Waals surface area contributed by atoms with Gasteiger partial charge in [0.25, 0.3) is 10.0 Å². The number of aliphatic hydroxyl groups is 1. The van der Waals surface area contributed by atoms with Crippen molar-refractivity contribution in [3.63, 3.8) is 0 Å². The van der Waals surface area contributed by atoms with Gasteiger partial charge in [0.15, 0.2) is 0 Å². The fourth-order valence-electron chi connectivity index (χ4n) is 1.71. The monoisotopic (exact) mass is 340 g/mol. The second kappa shape index (κ2) is 5.74. The molecule has 1 unspecified atom stereocenters. The normalized spacial score (nSPS) is 19.5. The van der Waals surface area contributed by atoms with E-state index in [4.69, 9.17) is 33.4 Å². The van der Waals surface area contributed by atoms with Gasteiger partial charge in [0, 0.05) is 29.2 Å². The number of ether oxygens (including phenoxy) is 1. The first kappa shape index (κ1) is 15.3. The minimum atomic E-state index is -3.96. The van der Waals surface area contributed by atoms with E-state index in [-0.39, 0.29) is 21.4 Å². The van der Waals surface area contributed by atoms with Crippen LogP contribution in [-0.4, -0.2) is 42.2 Å². The maximum atomic E-state index is 11.7. The summed E-state index contributed by atoms with van der Waals surface area (Å²) in [5, 5.41) is 8.94. The lowest BCUT2D eigenvalue weighted by Gasteiger charge is -2.13. The van der Waals surface area contributed by atoms with E-state index in [9.17, 15) is 13.2 Å². The van der Waals surface area contributed by atoms with E-state index in [1.54, 1.807) is 0 Å². The van der Waals surface area contributed by atoms with Gasteiger partial charge >= 0.3 is 6.09 Å². The molecule has 1 N–H and O–H groups in total. The average Bonchev–Trinajstić information content (AvgIpc) is 2.80. The minimum absolute atomic E-state index is 0.0634. The van der Waals surface area contributed by atoms with Crippen molar-refractivity contribution in [1.29, 1.82) is 0 Å². The highest BCUT2D eigenvalue weighted by Crippen LogP contribution is 2.25. The van der Waals surface area contributed by atoms with Gasteiger partial charge in [0.05, 0.1) is 18.0 Å². The third kappa shape index (κ3) is 2.84. The van der Waals surface area contributed by atoms with Crippen molar-refractivity contribution in [1.82, 2.24) is 3.34 Å². The number of carbonyl (C=O) groups excluding carboxylic acids is 1. The van der Waals surface area contributed by atoms with Crippen LogP contribution < -0.4 is 4.90 Å². The van der Waals surface area contributed by atoms with E-state index in [1.807, 2.05) is 0 Å². The molecule has 1 aromatic carbocycles. The number of rotatable bonds is 4. The van der Waals surface area contributed by atoms with E-state index >= 15 is 0 Å². The lowest BCUT2D eigenvalue weighted by Crippen LogP contribution is -2.25. The Labute approximate surface area is 125 Å². The summed E-state index contributed by atoms with van der Waals surface area (Å²) in [7, 11) is -3.96. The fraction of sp³-hybridized carbons (Fsp3) is 0.300. The molecule has 10 heteroatoms. The Hall–Kier alpha value is -1.06. The molecule has 1 saturated heterocycles. The number of nitrogens with zero attached hydrogens (tertiary/aromatic N) is 2. The molecule has 110 valence electrons. The molecule has 2 rings (SSSR count). The Morgan fingerprint density at radius 1 is 1.35 bits per heavy atom. The summed E-state index contributed by atoms with van der Waals surface area (Å²) in [6.07, 6.45) is -1.19. The Morgan fingerprint density at radius 3 is 2.40 bits per heavy atom. The summed E-state index contributed by atoms with van der Waals surface area (Å²) in [6, 6.07) is 5.38. The highest BCUT2D eigenvalue weighted by molar-refractivity contribution is 7.91. The van der Waals surface area contributed by atoms with Crippen LogP contribution in [-0.2, 0) is 14.8 Å². The lowest BCUT2D eigenvalue weighted by molar-refractivity contribution is 0.0963. The Morgan fingerprint density at radius 2 is 1.95 bits per heavy atom. The van der Waals surface area contributed by atoms with Crippen LogP contribution in [0.15, 0.2) is 29.2 Å². The number of benzene rings is 1. The highest BCUT2D eigenvalue weighted by atomic mass is 35.5. The van der Waals surface area contributed by atoms with Crippen LogP contribution in [0.5, 0.6) is 0 Å². The first-order chi connectivity index (χ1) is 9.36. The molecule has 0 aromatic heterocycles. The van der Waals surface area contributed by atoms with Crippen molar-refractivity contribution >= 4 is 45.4 Å². The zero-order valence-corrected chi connectivity index (χ0v) is 12.3. The molecule has 1 aromatic rings. The van der Waals surface area contributed by atoms with Crippen molar-refractivity contribution in [2.75, 3.05) is 18.1 Å². The summed E-state index contributed by atoms with van der Waals surface area (Å²) < 4.78 is 28.2. The molecule has 0 bridgehead atoms. The van der Waals surface area contributed by atoms with E-state index in [1.165, 1.54) is 29.2 Å². The first-order valence-electron chi connectivity index (χ1n) is 5.42. The zero-order chi connectivity index (χ0) is 14.9. The Balaban J connectivity index is 2.24. The molecule has 7 nitrogen and oxygen atoms in total. The molecule has 1 aliphatic heterocycles. The van der Waals surface area contributed by atoms with Crippen molar-refractivity contribution in [3.05, 3.63) is 24.3 Å².